The molecule has 6 N–H and O–H groups in total. The quantitative estimate of drug-likeness (QED) is 0.351. The van der Waals surface area contributed by atoms with Crippen LogP contribution in [0.1, 0.15) is 13.3 Å². The fourth-order valence-corrected chi connectivity index (χ4v) is 0.803. The van der Waals surface area contributed by atoms with E-state index in [0.717, 1.165) is 19.6 Å². The van der Waals surface area contributed by atoms with Gasteiger partial charge in [0.05, 0.1) is 19.6 Å². The molecule has 62 valence electrons. The predicted molar refractivity (Wildman–Crippen MR) is 42.6 cm³/mol. The van der Waals surface area contributed by atoms with Crippen molar-refractivity contribution in [1.29, 1.82) is 0 Å². The average Bonchev–Trinajstić information content (AvgIpc) is 1.97. The Hall–Kier alpha value is -0.120. The van der Waals surface area contributed by atoms with Gasteiger partial charge in [0.1, 0.15) is 0 Å². The Morgan fingerprint density at radius 3 is 2.70 bits per heavy atom. The molecule has 0 aliphatic carbocycles. The highest BCUT2D eigenvalue weighted by atomic mass is 14.9. The van der Waals surface area contributed by atoms with E-state index in [1.54, 1.807) is 0 Å². The first-order chi connectivity index (χ1) is 4.91. The van der Waals surface area contributed by atoms with Crippen molar-refractivity contribution in [3.63, 3.8) is 0 Å². The first kappa shape index (κ1) is 9.88. The van der Waals surface area contributed by atoms with Crippen molar-refractivity contribution in [3.05, 3.63) is 0 Å². The third-order valence-corrected chi connectivity index (χ3v) is 1.37. The number of nitrogens with one attached hydrogen (secondary N) is 1. The van der Waals surface area contributed by atoms with Crippen molar-refractivity contribution in [2.75, 3.05) is 32.7 Å². The van der Waals surface area contributed by atoms with E-state index < -0.39 is 0 Å². The highest BCUT2D eigenvalue weighted by Crippen LogP contribution is 1.58. The minimum atomic E-state index is 0.994. The zero-order valence-corrected chi connectivity index (χ0v) is 7.03. The summed E-state index contributed by atoms with van der Waals surface area (Å²) in [5, 5.41) is 5.64. The standard InChI is InChI=1S/C7H19N3/c1-2-4-9-6-7-10-5-3-8/h9-10H,2-8H2,1H3/p+2. The van der Waals surface area contributed by atoms with Crippen LogP contribution in [0.25, 0.3) is 0 Å². The summed E-state index contributed by atoms with van der Waals surface area (Å²) in [5.74, 6) is 0. The summed E-state index contributed by atoms with van der Waals surface area (Å²) in [4.78, 5) is 0. The van der Waals surface area contributed by atoms with Gasteiger partial charge in [0, 0.05) is 13.1 Å². The maximum absolute atomic E-state index is 3.75. The van der Waals surface area contributed by atoms with Gasteiger partial charge in [-0.3, -0.25) is 0 Å². The van der Waals surface area contributed by atoms with Gasteiger partial charge in [-0.25, -0.2) is 0 Å². The van der Waals surface area contributed by atoms with Crippen LogP contribution in [0.5, 0.6) is 0 Å². The highest BCUT2D eigenvalue weighted by Gasteiger charge is 1.87. The third-order valence-electron chi connectivity index (χ3n) is 1.37. The lowest BCUT2D eigenvalue weighted by atomic mass is 10.4. The summed E-state index contributed by atoms with van der Waals surface area (Å²) in [6.07, 6.45) is 1.27. The molecule has 0 amide bonds. The second kappa shape index (κ2) is 8.88. The Morgan fingerprint density at radius 1 is 1.30 bits per heavy atom. The van der Waals surface area contributed by atoms with Crippen LogP contribution < -0.4 is 16.4 Å². The summed E-state index contributed by atoms with van der Waals surface area (Å²) in [6, 6.07) is 0. The number of hydrogen-bond acceptors (Lipinski definition) is 1. The van der Waals surface area contributed by atoms with E-state index in [2.05, 4.69) is 23.3 Å². The molecule has 0 saturated carbocycles. The van der Waals surface area contributed by atoms with Crippen LogP contribution in [0.4, 0.5) is 0 Å². The molecule has 0 aliphatic heterocycles. The first-order valence-corrected chi connectivity index (χ1v) is 4.23. The van der Waals surface area contributed by atoms with Gasteiger partial charge in [0.25, 0.3) is 0 Å². The molecule has 0 atom stereocenters. The summed E-state index contributed by atoms with van der Waals surface area (Å²) < 4.78 is 0. The zero-order chi connectivity index (χ0) is 7.66. The molecule has 0 unspecified atom stereocenters. The number of nitrogens with two attached hydrogens (primary N) is 1. The molecule has 0 rings (SSSR count). The molecule has 0 radical (unpaired) electrons. The summed E-state index contributed by atoms with van der Waals surface area (Å²) in [5.41, 5.74) is 3.75. The topological polar surface area (TPSA) is 56.3 Å². The van der Waals surface area contributed by atoms with Gasteiger partial charge in [-0.05, 0) is 6.42 Å². The molecule has 0 heterocycles. The normalized spacial score (nSPS) is 10.2. The predicted octanol–water partition coefficient (Wildman–Crippen LogP) is -2.21. The second-order valence-electron chi connectivity index (χ2n) is 2.47. The van der Waals surface area contributed by atoms with Crippen LogP contribution in [0.2, 0.25) is 0 Å². The smallest absolute Gasteiger partial charge is 0.0882 e. The Morgan fingerprint density at radius 2 is 2.10 bits per heavy atom. The second-order valence-corrected chi connectivity index (χ2v) is 2.47. The van der Waals surface area contributed by atoms with Crippen LogP contribution in [-0.2, 0) is 0 Å². The molecule has 0 saturated heterocycles. The highest BCUT2D eigenvalue weighted by molar-refractivity contribution is 4.39. The molecule has 3 heteroatoms. The molecule has 10 heavy (non-hydrogen) atoms. The van der Waals surface area contributed by atoms with Crippen LogP contribution in [-0.4, -0.2) is 32.7 Å². The van der Waals surface area contributed by atoms with E-state index in [0.29, 0.717) is 0 Å². The average molecular weight is 147 g/mol. The van der Waals surface area contributed by atoms with Gasteiger partial charge < -0.3 is 16.4 Å². The molecule has 3 nitrogen and oxygen atoms in total. The van der Waals surface area contributed by atoms with Crippen LogP contribution >= 0.6 is 0 Å². The molecule has 0 aromatic heterocycles. The minimum absolute atomic E-state index is 0.994. The van der Waals surface area contributed by atoms with Crippen molar-refractivity contribution >= 4 is 0 Å². The van der Waals surface area contributed by atoms with Gasteiger partial charge in [-0.1, -0.05) is 6.92 Å². The van der Waals surface area contributed by atoms with Gasteiger partial charge in [-0.15, -0.1) is 0 Å². The summed E-state index contributed by atoms with van der Waals surface area (Å²) in [7, 11) is 0. The van der Waals surface area contributed by atoms with Crippen molar-refractivity contribution in [1.82, 2.24) is 5.32 Å². The van der Waals surface area contributed by atoms with Gasteiger partial charge in [-0.2, -0.15) is 0 Å². The fraction of sp³-hybridized carbons (Fsp3) is 1.00. The molecule has 0 bridgehead atoms. The number of quaternary nitrogens is 2. The van der Waals surface area contributed by atoms with E-state index in [9.17, 15) is 0 Å². The van der Waals surface area contributed by atoms with Crippen LogP contribution in [0.3, 0.4) is 0 Å². The lowest BCUT2D eigenvalue weighted by molar-refractivity contribution is -0.653. The molecular formula is C7H21N3+2. The van der Waals surface area contributed by atoms with E-state index in [1.165, 1.54) is 19.5 Å². The lowest BCUT2D eigenvalue weighted by Gasteiger charge is -1.99. The zero-order valence-electron chi connectivity index (χ0n) is 7.03. The monoisotopic (exact) mass is 147 g/mol. The Kier molecular flexibility index (Phi) is 8.77. The minimum Gasteiger partial charge on any atom is -0.357 e. The van der Waals surface area contributed by atoms with E-state index in [-0.39, 0.29) is 0 Å². The summed E-state index contributed by atoms with van der Waals surface area (Å²) >= 11 is 0. The van der Waals surface area contributed by atoms with E-state index >= 15 is 0 Å². The van der Waals surface area contributed by atoms with Crippen molar-refractivity contribution in [2.24, 2.45) is 0 Å². The van der Waals surface area contributed by atoms with Gasteiger partial charge >= 0.3 is 0 Å². The first-order valence-electron chi connectivity index (χ1n) is 4.23. The Bertz CT molecular complexity index is 48.8. The van der Waals surface area contributed by atoms with Crippen molar-refractivity contribution < 1.29 is 11.1 Å². The number of hydrogen-bond donors (Lipinski definition) is 3. The molecule has 0 aliphatic rings. The lowest BCUT2D eigenvalue weighted by Crippen LogP contribution is -2.85. The van der Waals surface area contributed by atoms with Crippen LogP contribution in [0, 0.1) is 0 Å². The van der Waals surface area contributed by atoms with Crippen molar-refractivity contribution in [2.45, 2.75) is 13.3 Å². The van der Waals surface area contributed by atoms with E-state index in [4.69, 9.17) is 0 Å². The largest absolute Gasteiger partial charge is 0.357 e. The Balaban J connectivity index is 2.65. The third kappa shape index (κ3) is 7.88. The van der Waals surface area contributed by atoms with E-state index in [1.807, 2.05) is 0 Å². The van der Waals surface area contributed by atoms with Crippen molar-refractivity contribution in [3.8, 4) is 0 Å². The van der Waals surface area contributed by atoms with Gasteiger partial charge in [0.2, 0.25) is 0 Å². The molecule has 0 fully saturated rings. The molecule has 0 aromatic carbocycles. The molecule has 0 aromatic rings. The van der Waals surface area contributed by atoms with Gasteiger partial charge in [0.15, 0.2) is 0 Å². The maximum atomic E-state index is 3.75. The number of rotatable bonds is 7. The maximum Gasteiger partial charge on any atom is 0.0882 e. The SMILES string of the molecule is CCC[NH2+]CCNCC[NH3+]. The molecular weight excluding hydrogens is 126 g/mol. The fourth-order valence-electron chi connectivity index (χ4n) is 0.803. The molecule has 0 spiro atoms. The summed E-state index contributed by atoms with van der Waals surface area (Å²) in [6.45, 7) is 7.84. The van der Waals surface area contributed by atoms with Crippen LogP contribution in [0.15, 0.2) is 0 Å². The Labute approximate surface area is 63.4 Å².